The third-order valence-corrected chi connectivity index (χ3v) is 4.78. The van der Waals surface area contributed by atoms with E-state index >= 15 is 0 Å². The molecule has 1 aromatic carbocycles. The van der Waals surface area contributed by atoms with Crippen LogP contribution in [0.15, 0.2) is 22.7 Å². The Kier molecular flexibility index (Phi) is 4.19. The lowest BCUT2D eigenvalue weighted by molar-refractivity contribution is 0.198. The first-order valence-electron chi connectivity index (χ1n) is 7.29. The van der Waals surface area contributed by atoms with Gasteiger partial charge in [0.25, 0.3) is 0 Å². The molecule has 4 nitrogen and oxygen atoms in total. The largest absolute Gasteiger partial charge is 0.391 e. The number of anilines is 2. The molecule has 3 rings (SSSR count). The predicted molar refractivity (Wildman–Crippen MR) is 86.7 cm³/mol. The Hall–Kier alpha value is -0.780. The van der Waals surface area contributed by atoms with E-state index in [4.69, 9.17) is 0 Å². The van der Waals surface area contributed by atoms with E-state index in [0.29, 0.717) is 0 Å². The predicted octanol–water partition coefficient (Wildman–Crippen LogP) is 1.77. The molecule has 0 radical (unpaired) electrons. The maximum Gasteiger partial charge on any atom is 0.0731 e. The van der Waals surface area contributed by atoms with Crippen LogP contribution in [0.1, 0.15) is 6.42 Å². The van der Waals surface area contributed by atoms with E-state index in [1.165, 1.54) is 11.4 Å². The first-order valence-corrected chi connectivity index (χ1v) is 8.09. The summed E-state index contributed by atoms with van der Waals surface area (Å²) in [6, 6.07) is 6.50. The molecule has 0 bridgehead atoms. The van der Waals surface area contributed by atoms with Crippen molar-refractivity contribution in [1.82, 2.24) is 4.90 Å². The molecule has 0 saturated carbocycles. The lowest BCUT2D eigenvalue weighted by Gasteiger charge is -2.36. The first-order chi connectivity index (χ1) is 9.63. The van der Waals surface area contributed by atoms with Crippen LogP contribution in [0.2, 0.25) is 0 Å². The minimum Gasteiger partial charge on any atom is -0.391 e. The molecule has 0 amide bonds. The standard InChI is InChI=1S/C15H22BrN3O/c1-17-6-8-18(9-7-17)14-3-2-12(16)10-15(14)19-5-4-13(20)11-19/h2-3,10,13,20H,4-9,11H2,1H3/t13-/m0/s1. The second kappa shape index (κ2) is 5.92. The summed E-state index contributed by atoms with van der Waals surface area (Å²) in [4.78, 5) is 7.14. The molecule has 2 heterocycles. The Balaban J connectivity index is 1.86. The van der Waals surface area contributed by atoms with E-state index in [9.17, 15) is 5.11 Å². The zero-order valence-corrected chi connectivity index (χ0v) is 13.5. The highest BCUT2D eigenvalue weighted by Gasteiger charge is 2.25. The van der Waals surface area contributed by atoms with E-state index < -0.39 is 0 Å². The number of aliphatic hydroxyl groups excluding tert-OH is 1. The molecule has 0 spiro atoms. The number of hydrogen-bond acceptors (Lipinski definition) is 4. The van der Waals surface area contributed by atoms with E-state index in [-0.39, 0.29) is 6.10 Å². The Morgan fingerprint density at radius 2 is 1.80 bits per heavy atom. The lowest BCUT2D eigenvalue weighted by Crippen LogP contribution is -2.45. The van der Waals surface area contributed by atoms with Crippen LogP contribution >= 0.6 is 15.9 Å². The van der Waals surface area contributed by atoms with Crippen molar-refractivity contribution >= 4 is 27.3 Å². The highest BCUT2D eigenvalue weighted by molar-refractivity contribution is 9.10. The Labute approximate surface area is 129 Å². The molecule has 2 fully saturated rings. The third-order valence-electron chi connectivity index (χ3n) is 4.29. The van der Waals surface area contributed by atoms with E-state index in [1.807, 2.05) is 0 Å². The number of benzene rings is 1. The number of hydrogen-bond donors (Lipinski definition) is 1. The van der Waals surface area contributed by atoms with Crippen LogP contribution in [0.4, 0.5) is 11.4 Å². The highest BCUT2D eigenvalue weighted by atomic mass is 79.9. The fourth-order valence-corrected chi connectivity index (χ4v) is 3.37. The minimum absolute atomic E-state index is 0.186. The second-order valence-electron chi connectivity index (χ2n) is 5.81. The van der Waals surface area contributed by atoms with E-state index in [0.717, 1.165) is 50.2 Å². The Morgan fingerprint density at radius 3 is 2.45 bits per heavy atom. The van der Waals surface area contributed by atoms with Gasteiger partial charge in [-0.1, -0.05) is 15.9 Å². The molecular weight excluding hydrogens is 318 g/mol. The van der Waals surface area contributed by atoms with Crippen molar-refractivity contribution in [3.05, 3.63) is 22.7 Å². The minimum atomic E-state index is -0.186. The van der Waals surface area contributed by atoms with Gasteiger partial charge in [-0.2, -0.15) is 0 Å². The van der Waals surface area contributed by atoms with Gasteiger partial charge in [0.1, 0.15) is 0 Å². The summed E-state index contributed by atoms with van der Waals surface area (Å²) < 4.78 is 1.10. The molecule has 0 aromatic heterocycles. The molecule has 1 aromatic rings. The van der Waals surface area contributed by atoms with Crippen LogP contribution in [0.25, 0.3) is 0 Å². The van der Waals surface area contributed by atoms with Gasteiger partial charge in [-0.25, -0.2) is 0 Å². The molecule has 2 aliphatic heterocycles. The number of nitrogens with zero attached hydrogens (tertiary/aromatic N) is 3. The van der Waals surface area contributed by atoms with Crippen LogP contribution in [0.3, 0.4) is 0 Å². The van der Waals surface area contributed by atoms with Crippen LogP contribution in [0.5, 0.6) is 0 Å². The normalized spacial score (nSPS) is 24.4. The quantitative estimate of drug-likeness (QED) is 0.889. The van der Waals surface area contributed by atoms with Crippen LogP contribution in [-0.4, -0.2) is 62.4 Å². The summed E-state index contributed by atoms with van der Waals surface area (Å²) in [5, 5.41) is 9.79. The van der Waals surface area contributed by atoms with E-state index in [1.54, 1.807) is 0 Å². The highest BCUT2D eigenvalue weighted by Crippen LogP contribution is 2.34. The monoisotopic (exact) mass is 339 g/mol. The van der Waals surface area contributed by atoms with E-state index in [2.05, 4.69) is 55.9 Å². The molecule has 0 unspecified atom stereocenters. The molecule has 2 saturated heterocycles. The number of aliphatic hydroxyl groups is 1. The molecule has 1 N–H and O–H groups in total. The van der Waals surface area contributed by atoms with Gasteiger partial charge in [0, 0.05) is 43.7 Å². The summed E-state index contributed by atoms with van der Waals surface area (Å²) in [5.41, 5.74) is 2.55. The summed E-state index contributed by atoms with van der Waals surface area (Å²) in [5.74, 6) is 0. The van der Waals surface area contributed by atoms with Gasteiger partial charge in [-0.05, 0) is 31.7 Å². The SMILES string of the molecule is CN1CCN(c2ccc(Br)cc2N2CC[C@H](O)C2)CC1. The molecule has 110 valence electrons. The summed E-state index contributed by atoms with van der Waals surface area (Å²) in [7, 11) is 2.18. The van der Waals surface area contributed by atoms with Crippen molar-refractivity contribution in [1.29, 1.82) is 0 Å². The first kappa shape index (κ1) is 14.2. The smallest absolute Gasteiger partial charge is 0.0731 e. The summed E-state index contributed by atoms with van der Waals surface area (Å²) in [6.07, 6.45) is 0.684. The second-order valence-corrected chi connectivity index (χ2v) is 6.73. The molecule has 2 aliphatic rings. The van der Waals surface area contributed by atoms with Crippen molar-refractivity contribution in [2.45, 2.75) is 12.5 Å². The van der Waals surface area contributed by atoms with Crippen molar-refractivity contribution in [3.63, 3.8) is 0 Å². The van der Waals surface area contributed by atoms with Crippen LogP contribution in [0, 0.1) is 0 Å². The number of rotatable bonds is 2. The van der Waals surface area contributed by atoms with Gasteiger partial charge in [0.15, 0.2) is 0 Å². The van der Waals surface area contributed by atoms with Gasteiger partial charge in [-0.3, -0.25) is 0 Å². The van der Waals surface area contributed by atoms with Crippen molar-refractivity contribution in [2.24, 2.45) is 0 Å². The van der Waals surface area contributed by atoms with Crippen LogP contribution < -0.4 is 9.80 Å². The number of β-amino-alcohol motifs (C(OH)–C–C–N with tert-alkyl or cyclic N) is 1. The summed E-state index contributed by atoms with van der Waals surface area (Å²) >= 11 is 3.58. The average Bonchev–Trinajstić information content (AvgIpc) is 2.86. The van der Waals surface area contributed by atoms with Gasteiger partial charge >= 0.3 is 0 Å². The molecular formula is C15H22BrN3O. The maximum absolute atomic E-state index is 9.79. The molecule has 5 heteroatoms. The molecule has 0 aliphatic carbocycles. The zero-order chi connectivity index (χ0) is 14.1. The van der Waals surface area contributed by atoms with Crippen molar-refractivity contribution in [2.75, 3.05) is 56.1 Å². The molecule has 1 atom stereocenters. The van der Waals surface area contributed by atoms with Crippen LogP contribution in [-0.2, 0) is 0 Å². The van der Waals surface area contributed by atoms with Crippen molar-refractivity contribution < 1.29 is 5.11 Å². The van der Waals surface area contributed by atoms with Gasteiger partial charge in [0.2, 0.25) is 0 Å². The number of piperazine rings is 1. The number of likely N-dealkylation sites (N-methyl/N-ethyl adjacent to an activating group) is 1. The number of halogens is 1. The summed E-state index contributed by atoms with van der Waals surface area (Å²) in [6.45, 7) is 6.05. The lowest BCUT2D eigenvalue weighted by atomic mass is 10.2. The van der Waals surface area contributed by atoms with Gasteiger partial charge < -0.3 is 19.8 Å². The van der Waals surface area contributed by atoms with Gasteiger partial charge in [0.05, 0.1) is 17.5 Å². The average molecular weight is 340 g/mol. The molecule has 20 heavy (non-hydrogen) atoms. The van der Waals surface area contributed by atoms with Gasteiger partial charge in [-0.15, -0.1) is 0 Å². The van der Waals surface area contributed by atoms with Crippen molar-refractivity contribution in [3.8, 4) is 0 Å². The Bertz CT molecular complexity index is 474. The zero-order valence-electron chi connectivity index (χ0n) is 11.9. The fraction of sp³-hybridized carbons (Fsp3) is 0.600. The maximum atomic E-state index is 9.79. The Morgan fingerprint density at radius 1 is 1.05 bits per heavy atom. The third kappa shape index (κ3) is 2.95. The fourth-order valence-electron chi connectivity index (χ4n) is 3.03. The topological polar surface area (TPSA) is 30.0 Å².